The number of ether oxygens (including phenoxy) is 1. The van der Waals surface area contributed by atoms with E-state index in [0.29, 0.717) is 55.6 Å². The van der Waals surface area contributed by atoms with Gasteiger partial charge >= 0.3 is 0 Å². The molecule has 0 atom stereocenters. The summed E-state index contributed by atoms with van der Waals surface area (Å²) in [4.78, 5) is 16.2. The number of piperazine rings is 1. The maximum absolute atomic E-state index is 13.3. The summed E-state index contributed by atoms with van der Waals surface area (Å²) in [5.41, 5.74) is 2.65. The van der Waals surface area contributed by atoms with Gasteiger partial charge in [0.1, 0.15) is 5.75 Å². The monoisotopic (exact) mass is 463 g/mol. The normalized spacial score (nSPS) is 18.0. The van der Waals surface area contributed by atoms with Crippen molar-refractivity contribution in [2.24, 2.45) is 0 Å². The summed E-state index contributed by atoms with van der Waals surface area (Å²) in [6.45, 7) is 4.49. The lowest BCUT2D eigenvalue weighted by molar-refractivity contribution is -0.117. The number of amides is 1. The zero-order valence-electron chi connectivity index (χ0n) is 17.7. The molecule has 2 saturated heterocycles. The van der Waals surface area contributed by atoms with Crippen LogP contribution in [0.5, 0.6) is 5.75 Å². The summed E-state index contributed by atoms with van der Waals surface area (Å²) in [7, 11) is -2.17. The number of hydrogen-bond acceptors (Lipinski definition) is 5. The number of hydrogen-bond donors (Lipinski definition) is 0. The van der Waals surface area contributed by atoms with E-state index in [1.54, 1.807) is 23.1 Å². The summed E-state index contributed by atoms with van der Waals surface area (Å²) in [5, 5.41) is 0.665. The van der Waals surface area contributed by atoms with Crippen LogP contribution in [0.3, 0.4) is 0 Å². The van der Waals surface area contributed by atoms with E-state index >= 15 is 0 Å². The van der Waals surface area contributed by atoms with E-state index in [4.69, 9.17) is 16.3 Å². The number of methoxy groups -OCH3 is 1. The Hall–Kier alpha value is -2.29. The molecule has 2 fully saturated rings. The predicted molar refractivity (Wildman–Crippen MR) is 122 cm³/mol. The smallest absolute Gasteiger partial charge is 0.243 e. The summed E-state index contributed by atoms with van der Waals surface area (Å²) in [6, 6.07) is 10.5. The minimum atomic E-state index is -3.69. The summed E-state index contributed by atoms with van der Waals surface area (Å²) in [5.74, 6) is 0.480. The molecule has 4 rings (SSSR count). The molecule has 0 unspecified atom stereocenters. The summed E-state index contributed by atoms with van der Waals surface area (Å²) >= 11 is 6.15. The SMILES string of the molecule is COc1ccc(S(=O)(=O)N2CCN(c3cc(Cl)ccc3C)CC2)cc1N1CCCC1=O. The van der Waals surface area contributed by atoms with Crippen LogP contribution in [0.15, 0.2) is 41.3 Å². The molecular formula is C22H26ClN3O4S. The van der Waals surface area contributed by atoms with Crippen molar-refractivity contribution in [2.45, 2.75) is 24.7 Å². The highest BCUT2D eigenvalue weighted by molar-refractivity contribution is 7.89. The van der Waals surface area contributed by atoms with Gasteiger partial charge in [-0.15, -0.1) is 0 Å². The number of halogens is 1. The van der Waals surface area contributed by atoms with Crippen LogP contribution in [0.25, 0.3) is 0 Å². The molecule has 166 valence electrons. The first-order chi connectivity index (χ1) is 14.8. The molecule has 2 aliphatic rings. The van der Waals surface area contributed by atoms with Crippen LogP contribution in [0.2, 0.25) is 5.02 Å². The topological polar surface area (TPSA) is 70.2 Å². The molecule has 0 spiro atoms. The number of aryl methyl sites for hydroxylation is 1. The van der Waals surface area contributed by atoms with E-state index in [1.165, 1.54) is 11.4 Å². The Morgan fingerprint density at radius 3 is 2.35 bits per heavy atom. The van der Waals surface area contributed by atoms with E-state index in [-0.39, 0.29) is 10.8 Å². The lowest BCUT2D eigenvalue weighted by atomic mass is 10.1. The van der Waals surface area contributed by atoms with Gasteiger partial charge < -0.3 is 14.5 Å². The van der Waals surface area contributed by atoms with E-state index < -0.39 is 10.0 Å². The number of benzene rings is 2. The highest BCUT2D eigenvalue weighted by Crippen LogP contribution is 2.35. The Morgan fingerprint density at radius 2 is 1.71 bits per heavy atom. The van der Waals surface area contributed by atoms with Gasteiger partial charge in [-0.1, -0.05) is 17.7 Å². The number of carbonyl (C=O) groups excluding carboxylic acids is 1. The van der Waals surface area contributed by atoms with Gasteiger partial charge in [0, 0.05) is 49.9 Å². The molecule has 0 N–H and O–H groups in total. The molecular weight excluding hydrogens is 438 g/mol. The van der Waals surface area contributed by atoms with Crippen molar-refractivity contribution in [1.29, 1.82) is 0 Å². The lowest BCUT2D eigenvalue weighted by Gasteiger charge is -2.36. The highest BCUT2D eigenvalue weighted by Gasteiger charge is 2.31. The van der Waals surface area contributed by atoms with Crippen LogP contribution < -0.4 is 14.5 Å². The molecule has 1 amide bonds. The quantitative estimate of drug-likeness (QED) is 0.680. The average Bonchev–Trinajstić information content (AvgIpc) is 3.20. The number of rotatable bonds is 5. The maximum Gasteiger partial charge on any atom is 0.243 e. The van der Waals surface area contributed by atoms with E-state index in [0.717, 1.165) is 17.7 Å². The van der Waals surface area contributed by atoms with Crippen LogP contribution in [-0.2, 0) is 14.8 Å². The van der Waals surface area contributed by atoms with Gasteiger partial charge in [-0.3, -0.25) is 4.79 Å². The first-order valence-electron chi connectivity index (χ1n) is 10.3. The van der Waals surface area contributed by atoms with E-state index in [2.05, 4.69) is 4.90 Å². The molecule has 2 aromatic carbocycles. The maximum atomic E-state index is 13.3. The van der Waals surface area contributed by atoms with Crippen LogP contribution in [0.4, 0.5) is 11.4 Å². The van der Waals surface area contributed by atoms with E-state index in [9.17, 15) is 13.2 Å². The third-order valence-electron chi connectivity index (χ3n) is 5.90. The molecule has 2 aliphatic heterocycles. The molecule has 31 heavy (non-hydrogen) atoms. The number of carbonyl (C=O) groups is 1. The van der Waals surface area contributed by atoms with Gasteiger partial charge in [0.15, 0.2) is 0 Å². The average molecular weight is 464 g/mol. The van der Waals surface area contributed by atoms with Crippen molar-refractivity contribution in [3.8, 4) is 5.75 Å². The Labute approximate surface area is 188 Å². The van der Waals surface area contributed by atoms with Gasteiger partial charge in [0.05, 0.1) is 17.7 Å². The molecule has 0 radical (unpaired) electrons. The molecule has 9 heteroatoms. The minimum absolute atomic E-state index is 0.0154. The first kappa shape index (κ1) is 21.9. The van der Waals surface area contributed by atoms with Crippen molar-refractivity contribution in [1.82, 2.24) is 4.31 Å². The molecule has 0 aliphatic carbocycles. The molecule has 7 nitrogen and oxygen atoms in total. The van der Waals surface area contributed by atoms with Crippen molar-refractivity contribution >= 4 is 38.9 Å². The first-order valence-corrected chi connectivity index (χ1v) is 12.1. The van der Waals surface area contributed by atoms with Crippen LogP contribution in [0, 0.1) is 6.92 Å². The fourth-order valence-electron chi connectivity index (χ4n) is 4.19. The molecule has 2 aromatic rings. The second-order valence-corrected chi connectivity index (χ2v) is 10.2. The van der Waals surface area contributed by atoms with Gasteiger partial charge in [0.2, 0.25) is 15.9 Å². The van der Waals surface area contributed by atoms with Crippen molar-refractivity contribution in [3.63, 3.8) is 0 Å². The summed E-state index contributed by atoms with van der Waals surface area (Å²) < 4.78 is 33.6. The second-order valence-electron chi connectivity index (χ2n) is 7.80. The Bertz CT molecular complexity index is 1100. The minimum Gasteiger partial charge on any atom is -0.495 e. The predicted octanol–water partition coefficient (Wildman–Crippen LogP) is 3.29. The highest BCUT2D eigenvalue weighted by atomic mass is 35.5. The van der Waals surface area contributed by atoms with Gasteiger partial charge in [0.25, 0.3) is 0 Å². The Balaban J connectivity index is 1.55. The fourth-order valence-corrected chi connectivity index (χ4v) is 5.79. The summed E-state index contributed by atoms with van der Waals surface area (Å²) in [6.07, 6.45) is 1.22. The second kappa shape index (κ2) is 8.68. The number of sulfonamides is 1. The third kappa shape index (κ3) is 4.24. The molecule has 0 saturated carbocycles. The van der Waals surface area contributed by atoms with Crippen LogP contribution >= 0.6 is 11.6 Å². The zero-order valence-corrected chi connectivity index (χ0v) is 19.2. The number of anilines is 2. The number of nitrogens with zero attached hydrogens (tertiary/aromatic N) is 3. The van der Waals surface area contributed by atoms with Crippen molar-refractivity contribution in [3.05, 3.63) is 47.0 Å². The van der Waals surface area contributed by atoms with Gasteiger partial charge in [-0.25, -0.2) is 8.42 Å². The third-order valence-corrected chi connectivity index (χ3v) is 8.03. The largest absolute Gasteiger partial charge is 0.495 e. The van der Waals surface area contributed by atoms with Gasteiger partial charge in [-0.05, 0) is 49.2 Å². The lowest BCUT2D eigenvalue weighted by Crippen LogP contribution is -2.48. The standard InChI is InChI=1S/C22H26ClN3O4S/c1-16-5-6-17(23)14-19(16)24-10-12-25(13-11-24)31(28,29)18-7-8-21(30-2)20(15-18)26-9-3-4-22(26)27/h5-8,14-15H,3-4,9-13H2,1-2H3. The van der Waals surface area contributed by atoms with Crippen molar-refractivity contribution in [2.75, 3.05) is 49.6 Å². The molecule has 0 bridgehead atoms. The molecule has 2 heterocycles. The Morgan fingerprint density at radius 1 is 0.968 bits per heavy atom. The zero-order chi connectivity index (χ0) is 22.2. The van der Waals surface area contributed by atoms with E-state index in [1.807, 2.05) is 25.1 Å². The van der Waals surface area contributed by atoms with Crippen molar-refractivity contribution < 1.29 is 17.9 Å². The van der Waals surface area contributed by atoms with Crippen LogP contribution in [0.1, 0.15) is 18.4 Å². The van der Waals surface area contributed by atoms with Crippen LogP contribution in [-0.4, -0.2) is 58.5 Å². The van der Waals surface area contributed by atoms with Gasteiger partial charge in [-0.2, -0.15) is 4.31 Å². The fraction of sp³-hybridized carbons (Fsp3) is 0.409. The Kier molecular flexibility index (Phi) is 6.14. The molecule has 0 aromatic heterocycles.